The molecule has 0 aliphatic heterocycles. The van der Waals surface area contributed by atoms with Crippen molar-refractivity contribution >= 4 is 17.5 Å². The minimum atomic E-state index is -0.586. The van der Waals surface area contributed by atoms with Crippen molar-refractivity contribution in [3.05, 3.63) is 75.1 Å². The third-order valence-electron chi connectivity index (χ3n) is 4.06. The van der Waals surface area contributed by atoms with Crippen LogP contribution in [0.25, 0.3) is 5.82 Å². The van der Waals surface area contributed by atoms with Crippen LogP contribution < -0.4 is 11.0 Å². The molecule has 0 saturated carbocycles. The van der Waals surface area contributed by atoms with Gasteiger partial charge >= 0.3 is 5.69 Å². The van der Waals surface area contributed by atoms with E-state index in [0.717, 1.165) is 10.9 Å². The number of hydrogen-bond donors (Lipinski definition) is 1. The second kappa shape index (κ2) is 7.89. The zero-order valence-corrected chi connectivity index (χ0v) is 15.7. The molecule has 2 aromatic heterocycles. The summed E-state index contributed by atoms with van der Waals surface area (Å²) in [7, 11) is 0. The maximum Gasteiger partial charge on any atom is 0.352 e. The fourth-order valence-electron chi connectivity index (χ4n) is 2.67. The zero-order chi connectivity index (χ0) is 20.4. The summed E-state index contributed by atoms with van der Waals surface area (Å²) in [4.78, 5) is 28.7. The molecule has 0 aliphatic carbocycles. The number of halogens is 3. The molecule has 2 heterocycles. The van der Waals surface area contributed by atoms with E-state index in [9.17, 15) is 18.4 Å². The van der Waals surface area contributed by atoms with Crippen LogP contribution in [0.15, 0.2) is 41.3 Å². The number of amides is 1. The Bertz CT molecular complexity index is 1080. The number of aromatic nitrogens is 4. The molecule has 0 saturated heterocycles. The van der Waals surface area contributed by atoms with Crippen molar-refractivity contribution in [3.63, 3.8) is 0 Å². The molecule has 0 spiro atoms. The first-order valence-electron chi connectivity index (χ1n) is 8.29. The topological polar surface area (TPSA) is 81.8 Å². The second-order valence-corrected chi connectivity index (χ2v) is 6.53. The van der Waals surface area contributed by atoms with E-state index in [1.165, 1.54) is 28.8 Å². The molecule has 0 unspecified atom stereocenters. The summed E-state index contributed by atoms with van der Waals surface area (Å²) in [5, 5.41) is 6.71. The van der Waals surface area contributed by atoms with Gasteiger partial charge in [-0.2, -0.15) is 5.10 Å². The van der Waals surface area contributed by atoms with Gasteiger partial charge < -0.3 is 5.32 Å². The lowest BCUT2D eigenvalue weighted by molar-refractivity contribution is -0.122. The van der Waals surface area contributed by atoms with Crippen LogP contribution in [0, 0.1) is 18.6 Å². The highest BCUT2D eigenvalue weighted by Crippen LogP contribution is 2.20. The first-order valence-corrected chi connectivity index (χ1v) is 8.66. The molecule has 1 N–H and O–H groups in total. The molecular weight excluding hydrogens is 392 g/mol. The maximum atomic E-state index is 13.6. The van der Waals surface area contributed by atoms with Crippen molar-refractivity contribution in [1.29, 1.82) is 0 Å². The van der Waals surface area contributed by atoms with E-state index in [2.05, 4.69) is 15.4 Å². The number of aryl methyl sites for hydroxylation is 1. The Kier molecular flexibility index (Phi) is 5.55. The SMILES string of the molecule is Cc1nn(CC(=O)N[C@@H](C)c2ccc(Cl)c(F)c2)c(=O)n1-c1ccc(F)cn1. The maximum absolute atomic E-state index is 13.6. The number of rotatable bonds is 5. The molecule has 0 fully saturated rings. The van der Waals surface area contributed by atoms with Gasteiger partial charge in [-0.1, -0.05) is 17.7 Å². The number of nitrogens with one attached hydrogen (secondary N) is 1. The van der Waals surface area contributed by atoms with Crippen molar-refractivity contribution in [2.75, 3.05) is 0 Å². The predicted molar refractivity (Wildman–Crippen MR) is 98.3 cm³/mol. The number of pyridine rings is 1. The van der Waals surface area contributed by atoms with Gasteiger partial charge in [0.15, 0.2) is 0 Å². The highest BCUT2D eigenvalue weighted by molar-refractivity contribution is 6.30. The molecular formula is C18H16ClF2N5O2. The van der Waals surface area contributed by atoms with E-state index in [4.69, 9.17) is 11.6 Å². The summed E-state index contributed by atoms with van der Waals surface area (Å²) in [6.45, 7) is 2.91. The van der Waals surface area contributed by atoms with Crippen LogP contribution in [0.1, 0.15) is 24.4 Å². The van der Waals surface area contributed by atoms with E-state index in [-0.39, 0.29) is 17.4 Å². The standard InChI is InChI=1S/C18H16ClF2N5O2/c1-10(12-3-5-14(19)15(21)7-12)23-17(27)9-25-18(28)26(11(2)24-25)16-6-4-13(20)8-22-16/h3-8,10H,9H2,1-2H3,(H,23,27)/t10-/m0/s1. The zero-order valence-electron chi connectivity index (χ0n) is 15.0. The van der Waals surface area contributed by atoms with Crippen LogP contribution >= 0.6 is 11.6 Å². The van der Waals surface area contributed by atoms with Gasteiger partial charge in [0.2, 0.25) is 5.91 Å². The fourth-order valence-corrected chi connectivity index (χ4v) is 2.79. The Morgan fingerprint density at radius 1 is 1.29 bits per heavy atom. The smallest absolute Gasteiger partial charge is 0.348 e. The average molecular weight is 408 g/mol. The average Bonchev–Trinajstić information content (AvgIpc) is 2.91. The van der Waals surface area contributed by atoms with Crippen molar-refractivity contribution < 1.29 is 13.6 Å². The lowest BCUT2D eigenvalue weighted by Gasteiger charge is -2.14. The summed E-state index contributed by atoms with van der Waals surface area (Å²) in [6.07, 6.45) is 0.984. The number of carbonyl (C=O) groups excluding carboxylic acids is 1. The minimum absolute atomic E-state index is 0.00996. The molecule has 0 radical (unpaired) electrons. The first kappa shape index (κ1) is 19.7. The minimum Gasteiger partial charge on any atom is -0.348 e. The lowest BCUT2D eigenvalue weighted by atomic mass is 10.1. The van der Waals surface area contributed by atoms with E-state index >= 15 is 0 Å². The Morgan fingerprint density at radius 2 is 2.04 bits per heavy atom. The highest BCUT2D eigenvalue weighted by Gasteiger charge is 2.17. The van der Waals surface area contributed by atoms with E-state index in [0.29, 0.717) is 11.4 Å². The van der Waals surface area contributed by atoms with Crippen molar-refractivity contribution in [3.8, 4) is 5.82 Å². The number of hydrogen-bond acceptors (Lipinski definition) is 4. The normalized spacial score (nSPS) is 12.0. The van der Waals surface area contributed by atoms with Crippen molar-refractivity contribution in [2.24, 2.45) is 0 Å². The molecule has 1 amide bonds. The third-order valence-corrected chi connectivity index (χ3v) is 4.36. The predicted octanol–water partition coefficient (Wildman–Crippen LogP) is 2.55. The lowest BCUT2D eigenvalue weighted by Crippen LogP contribution is -2.34. The molecule has 10 heteroatoms. The molecule has 7 nitrogen and oxygen atoms in total. The molecule has 28 heavy (non-hydrogen) atoms. The summed E-state index contributed by atoms with van der Waals surface area (Å²) >= 11 is 5.66. The summed E-state index contributed by atoms with van der Waals surface area (Å²) in [5.74, 6) is -1.11. The van der Waals surface area contributed by atoms with Crippen molar-refractivity contribution in [1.82, 2.24) is 24.6 Å². The number of nitrogens with zero attached hydrogens (tertiary/aromatic N) is 4. The van der Waals surface area contributed by atoms with Gasteiger partial charge in [0.1, 0.15) is 29.8 Å². The summed E-state index contributed by atoms with van der Waals surface area (Å²) in [6, 6.07) is 6.25. The molecule has 3 aromatic rings. The van der Waals surface area contributed by atoms with Crippen LogP contribution in [0.3, 0.4) is 0 Å². The fraction of sp³-hybridized carbons (Fsp3) is 0.222. The Hall–Kier alpha value is -3.07. The van der Waals surface area contributed by atoms with Crippen LogP contribution in [0.2, 0.25) is 5.02 Å². The van der Waals surface area contributed by atoms with Crippen LogP contribution in [0.5, 0.6) is 0 Å². The van der Waals surface area contributed by atoms with Crippen LogP contribution in [0.4, 0.5) is 8.78 Å². The molecule has 0 aliphatic rings. The van der Waals surface area contributed by atoms with Gasteiger partial charge in [-0.3, -0.25) is 4.79 Å². The van der Waals surface area contributed by atoms with Crippen LogP contribution in [-0.2, 0) is 11.3 Å². The Morgan fingerprint density at radius 3 is 2.68 bits per heavy atom. The molecule has 146 valence electrons. The summed E-state index contributed by atoms with van der Waals surface area (Å²) < 4.78 is 28.8. The molecule has 0 bridgehead atoms. The van der Waals surface area contributed by atoms with Gasteiger partial charge in [-0.25, -0.2) is 27.8 Å². The van der Waals surface area contributed by atoms with E-state index in [1.54, 1.807) is 19.9 Å². The number of carbonyl (C=O) groups is 1. The highest BCUT2D eigenvalue weighted by atomic mass is 35.5. The molecule has 1 aromatic carbocycles. The first-order chi connectivity index (χ1) is 13.3. The van der Waals surface area contributed by atoms with Gasteiger partial charge in [0.05, 0.1) is 17.3 Å². The Labute approximate surface area is 163 Å². The largest absolute Gasteiger partial charge is 0.352 e. The molecule has 1 atom stereocenters. The quantitative estimate of drug-likeness (QED) is 0.704. The number of benzene rings is 1. The van der Waals surface area contributed by atoms with Gasteiger partial charge in [0, 0.05) is 0 Å². The van der Waals surface area contributed by atoms with E-state index in [1.807, 2.05) is 0 Å². The monoisotopic (exact) mass is 407 g/mol. The second-order valence-electron chi connectivity index (χ2n) is 6.12. The van der Waals surface area contributed by atoms with E-state index < -0.39 is 29.3 Å². The molecule has 3 rings (SSSR count). The van der Waals surface area contributed by atoms with Crippen LogP contribution in [-0.4, -0.2) is 25.2 Å². The Balaban J connectivity index is 1.75. The van der Waals surface area contributed by atoms with Crippen molar-refractivity contribution in [2.45, 2.75) is 26.4 Å². The van der Waals surface area contributed by atoms with Gasteiger partial charge in [-0.15, -0.1) is 0 Å². The third kappa shape index (κ3) is 4.09. The van der Waals surface area contributed by atoms with Gasteiger partial charge in [0.25, 0.3) is 0 Å². The van der Waals surface area contributed by atoms with Gasteiger partial charge in [-0.05, 0) is 43.7 Å². The summed E-state index contributed by atoms with van der Waals surface area (Å²) in [5.41, 5.74) is -0.0585.